The van der Waals surface area contributed by atoms with E-state index in [0.717, 1.165) is 16.1 Å². The number of oxazole rings is 1. The quantitative estimate of drug-likeness (QED) is 0.387. The Morgan fingerprint density at radius 2 is 1.87 bits per heavy atom. The molecule has 2 aromatic carbocycles. The van der Waals surface area contributed by atoms with Crippen LogP contribution in [-0.2, 0) is 6.54 Å². The maximum atomic E-state index is 12.8. The van der Waals surface area contributed by atoms with E-state index in [1.165, 1.54) is 15.9 Å². The molecule has 0 saturated carbocycles. The molecule has 0 atom stereocenters. The molecular formula is C22H16N4O4S. The molecule has 0 spiro atoms. The number of rotatable bonds is 5. The first-order valence-corrected chi connectivity index (χ1v) is 10.4. The highest BCUT2D eigenvalue weighted by Crippen LogP contribution is 2.25. The Hall–Kier alpha value is -3.85. The van der Waals surface area contributed by atoms with Crippen LogP contribution in [0.5, 0.6) is 0 Å². The Bertz CT molecular complexity index is 1470. The van der Waals surface area contributed by atoms with Gasteiger partial charge >= 0.3 is 5.76 Å². The lowest BCUT2D eigenvalue weighted by Gasteiger charge is -2.02. The van der Waals surface area contributed by atoms with Crippen molar-refractivity contribution >= 4 is 28.2 Å². The molecule has 0 aliphatic heterocycles. The average Bonchev–Trinajstić information content (AvgIpc) is 3.47. The van der Waals surface area contributed by atoms with Crippen LogP contribution in [0, 0.1) is 13.8 Å². The molecule has 154 valence electrons. The van der Waals surface area contributed by atoms with Crippen molar-refractivity contribution in [2.45, 2.75) is 20.4 Å². The van der Waals surface area contributed by atoms with Crippen LogP contribution in [0.3, 0.4) is 0 Å². The SMILES string of the molecule is Cc1ccc(C(=O)c2ccc3c(c2)oc(=O)n3Cc2noc(-c3scnc3C)n2)cc1. The van der Waals surface area contributed by atoms with Gasteiger partial charge in [0.25, 0.3) is 5.89 Å². The van der Waals surface area contributed by atoms with Crippen molar-refractivity contribution < 1.29 is 13.7 Å². The third-order valence-corrected chi connectivity index (χ3v) is 5.87. The molecule has 5 aromatic rings. The molecule has 0 amide bonds. The highest BCUT2D eigenvalue weighted by Gasteiger charge is 2.18. The smallest absolute Gasteiger partial charge is 0.408 e. The van der Waals surface area contributed by atoms with E-state index in [2.05, 4.69) is 15.1 Å². The van der Waals surface area contributed by atoms with E-state index in [-0.39, 0.29) is 12.3 Å². The fourth-order valence-electron chi connectivity index (χ4n) is 3.29. The first-order chi connectivity index (χ1) is 15.0. The zero-order valence-corrected chi connectivity index (χ0v) is 17.5. The van der Waals surface area contributed by atoms with Gasteiger partial charge in [0.2, 0.25) is 0 Å². The Balaban J connectivity index is 1.45. The van der Waals surface area contributed by atoms with Crippen molar-refractivity contribution in [2.75, 3.05) is 0 Å². The van der Waals surface area contributed by atoms with Gasteiger partial charge in [-0.3, -0.25) is 9.36 Å². The standard InChI is InChI=1S/C22H16N4O4S/c1-12-3-5-14(6-4-12)19(27)15-7-8-16-17(9-15)29-22(28)26(16)10-18-24-21(30-25-18)20-13(2)23-11-31-20/h3-9,11H,10H2,1-2H3. The minimum atomic E-state index is -0.560. The van der Waals surface area contributed by atoms with Crippen LogP contribution in [0.15, 0.2) is 61.7 Å². The third kappa shape index (κ3) is 3.49. The van der Waals surface area contributed by atoms with E-state index in [0.29, 0.717) is 33.9 Å². The minimum absolute atomic E-state index is 0.0818. The number of ketones is 1. The molecule has 9 heteroatoms. The monoisotopic (exact) mass is 432 g/mol. The molecule has 5 rings (SSSR count). The van der Waals surface area contributed by atoms with Crippen LogP contribution < -0.4 is 5.76 Å². The maximum absolute atomic E-state index is 12.8. The van der Waals surface area contributed by atoms with E-state index >= 15 is 0 Å². The second-order valence-electron chi connectivity index (χ2n) is 7.11. The fourth-order valence-corrected chi connectivity index (χ4v) is 4.01. The number of hydrogen-bond donors (Lipinski definition) is 0. The Morgan fingerprint density at radius 1 is 1.10 bits per heavy atom. The molecule has 0 radical (unpaired) electrons. The van der Waals surface area contributed by atoms with Crippen LogP contribution >= 0.6 is 11.3 Å². The first kappa shape index (κ1) is 19.1. The summed E-state index contributed by atoms with van der Waals surface area (Å²) >= 11 is 1.41. The average molecular weight is 432 g/mol. The molecule has 0 aliphatic rings. The topological polar surface area (TPSA) is 104 Å². The molecule has 0 aliphatic carbocycles. The van der Waals surface area contributed by atoms with Crippen molar-refractivity contribution in [3.63, 3.8) is 0 Å². The Kier molecular flexibility index (Phi) is 4.59. The molecule has 0 unspecified atom stereocenters. The number of hydrogen-bond acceptors (Lipinski definition) is 8. The van der Waals surface area contributed by atoms with Crippen molar-refractivity contribution in [3.8, 4) is 10.8 Å². The zero-order valence-electron chi connectivity index (χ0n) is 16.7. The first-order valence-electron chi connectivity index (χ1n) is 9.47. The number of fused-ring (bicyclic) bond motifs is 1. The van der Waals surface area contributed by atoms with Gasteiger partial charge in [0.05, 0.1) is 23.3 Å². The fraction of sp³-hybridized carbons (Fsp3) is 0.136. The van der Waals surface area contributed by atoms with E-state index in [1.54, 1.807) is 35.8 Å². The lowest BCUT2D eigenvalue weighted by atomic mass is 10.0. The second kappa shape index (κ2) is 7.44. The highest BCUT2D eigenvalue weighted by molar-refractivity contribution is 7.13. The lowest BCUT2D eigenvalue weighted by molar-refractivity contribution is 0.103. The number of carbonyl (C=O) groups excluding carboxylic acids is 1. The van der Waals surface area contributed by atoms with Crippen molar-refractivity contribution in [3.05, 3.63) is 86.7 Å². The Labute approximate surface area is 179 Å². The number of aryl methyl sites for hydroxylation is 2. The summed E-state index contributed by atoms with van der Waals surface area (Å²) in [6.07, 6.45) is 0. The minimum Gasteiger partial charge on any atom is -0.408 e. The van der Waals surface area contributed by atoms with Gasteiger partial charge in [-0.2, -0.15) is 4.98 Å². The number of aromatic nitrogens is 4. The van der Waals surface area contributed by atoms with Gasteiger partial charge in [-0.1, -0.05) is 35.0 Å². The van der Waals surface area contributed by atoms with Crippen LogP contribution in [0.4, 0.5) is 0 Å². The largest absolute Gasteiger partial charge is 0.420 e. The van der Waals surface area contributed by atoms with Crippen LogP contribution in [0.1, 0.15) is 33.0 Å². The highest BCUT2D eigenvalue weighted by atomic mass is 32.1. The van der Waals surface area contributed by atoms with Crippen molar-refractivity contribution in [2.24, 2.45) is 0 Å². The molecule has 0 bridgehead atoms. The maximum Gasteiger partial charge on any atom is 0.420 e. The molecule has 3 heterocycles. The van der Waals surface area contributed by atoms with E-state index in [9.17, 15) is 9.59 Å². The van der Waals surface area contributed by atoms with Gasteiger partial charge in [-0.15, -0.1) is 11.3 Å². The van der Waals surface area contributed by atoms with E-state index in [1.807, 2.05) is 26.0 Å². The van der Waals surface area contributed by atoms with E-state index < -0.39 is 5.76 Å². The van der Waals surface area contributed by atoms with Gasteiger partial charge in [-0.25, -0.2) is 9.78 Å². The van der Waals surface area contributed by atoms with Crippen LogP contribution in [-0.4, -0.2) is 25.5 Å². The van der Waals surface area contributed by atoms with Gasteiger partial charge in [-0.05, 0) is 32.0 Å². The molecule has 8 nitrogen and oxygen atoms in total. The predicted octanol–water partition coefficient (Wildman–Crippen LogP) is 4.00. The van der Waals surface area contributed by atoms with Crippen molar-refractivity contribution in [1.29, 1.82) is 0 Å². The van der Waals surface area contributed by atoms with Gasteiger partial charge in [0, 0.05) is 11.1 Å². The molecule has 0 N–H and O–H groups in total. The van der Waals surface area contributed by atoms with Gasteiger partial charge in [0.1, 0.15) is 4.88 Å². The lowest BCUT2D eigenvalue weighted by Crippen LogP contribution is -2.15. The summed E-state index contributed by atoms with van der Waals surface area (Å²) in [5.41, 5.74) is 5.47. The summed E-state index contributed by atoms with van der Waals surface area (Å²) in [6, 6.07) is 12.3. The third-order valence-electron chi connectivity index (χ3n) is 4.95. The summed E-state index contributed by atoms with van der Waals surface area (Å²) in [4.78, 5) is 34.5. The van der Waals surface area contributed by atoms with Gasteiger partial charge in [0.15, 0.2) is 17.2 Å². The van der Waals surface area contributed by atoms with Crippen LogP contribution in [0.2, 0.25) is 0 Å². The zero-order chi connectivity index (χ0) is 21.5. The molecule has 0 fully saturated rings. The number of carbonyl (C=O) groups is 1. The predicted molar refractivity (Wildman–Crippen MR) is 114 cm³/mol. The normalized spacial score (nSPS) is 11.3. The van der Waals surface area contributed by atoms with Crippen molar-refractivity contribution in [1.82, 2.24) is 19.7 Å². The summed E-state index contributed by atoms with van der Waals surface area (Å²) in [7, 11) is 0. The molecular weight excluding hydrogens is 416 g/mol. The Morgan fingerprint density at radius 3 is 2.61 bits per heavy atom. The molecule has 3 aromatic heterocycles. The second-order valence-corrected chi connectivity index (χ2v) is 7.97. The number of nitrogens with zero attached hydrogens (tertiary/aromatic N) is 4. The summed E-state index contributed by atoms with van der Waals surface area (Å²) in [6.45, 7) is 3.90. The summed E-state index contributed by atoms with van der Waals surface area (Å²) in [5.74, 6) is 0.00419. The van der Waals surface area contributed by atoms with Crippen LogP contribution in [0.25, 0.3) is 21.9 Å². The number of thiazole rings is 1. The van der Waals surface area contributed by atoms with E-state index in [4.69, 9.17) is 8.94 Å². The van der Waals surface area contributed by atoms with Gasteiger partial charge < -0.3 is 8.94 Å². The molecule has 0 saturated heterocycles. The summed E-state index contributed by atoms with van der Waals surface area (Å²) < 4.78 is 12.1. The number of benzene rings is 2. The summed E-state index contributed by atoms with van der Waals surface area (Å²) in [5, 5.41) is 3.97. The molecule has 31 heavy (non-hydrogen) atoms.